The second-order valence-electron chi connectivity index (χ2n) is 7.19. The van der Waals surface area contributed by atoms with Crippen molar-refractivity contribution in [3.8, 4) is 0 Å². The molecule has 2 fully saturated rings. The van der Waals surface area contributed by atoms with Crippen LogP contribution < -0.4 is 4.90 Å². The van der Waals surface area contributed by atoms with Crippen LogP contribution in [0.15, 0.2) is 27.7 Å². The van der Waals surface area contributed by atoms with Gasteiger partial charge in [0.1, 0.15) is 0 Å². The summed E-state index contributed by atoms with van der Waals surface area (Å²) < 4.78 is 34.2. The minimum atomic E-state index is -2.85. The highest BCUT2D eigenvalue weighted by atomic mass is 32.2. The first kappa shape index (κ1) is 17.0. The highest BCUT2D eigenvalue weighted by molar-refractivity contribution is 8.14. The van der Waals surface area contributed by atoms with E-state index in [0.717, 1.165) is 28.3 Å². The molecule has 5 rings (SSSR count). The number of fused-ring (bicyclic) bond motifs is 2. The average Bonchev–Trinajstić information content (AvgIpc) is 3.36. The van der Waals surface area contributed by atoms with Crippen LogP contribution in [0.4, 0.5) is 19.4 Å². The van der Waals surface area contributed by atoms with Gasteiger partial charge in [-0.15, -0.1) is 11.8 Å². The number of aromatic nitrogens is 1. The lowest BCUT2D eigenvalue weighted by atomic mass is 9.99. The number of carbonyl (C=O) groups is 1. The van der Waals surface area contributed by atoms with Gasteiger partial charge in [0.05, 0.1) is 16.5 Å². The van der Waals surface area contributed by atoms with Crippen molar-refractivity contribution >= 4 is 39.6 Å². The predicted molar refractivity (Wildman–Crippen MR) is 99.8 cm³/mol. The zero-order valence-electron chi connectivity index (χ0n) is 14.7. The Morgan fingerprint density at radius 2 is 2.22 bits per heavy atom. The van der Waals surface area contributed by atoms with Gasteiger partial charge in [0.25, 0.3) is 5.92 Å². The number of carbonyl (C=O) groups excluding carboxylic acids is 1. The molecule has 0 bridgehead atoms. The average molecular weight is 392 g/mol. The summed E-state index contributed by atoms with van der Waals surface area (Å²) in [6.45, 7) is 2.49. The van der Waals surface area contributed by atoms with Gasteiger partial charge < -0.3 is 9.42 Å². The van der Waals surface area contributed by atoms with Gasteiger partial charge in [-0.3, -0.25) is 9.89 Å². The number of hydrogen-bond acceptors (Lipinski definition) is 5. The smallest absolute Gasteiger partial charge is 0.326 e. The number of alkyl halides is 2. The summed E-state index contributed by atoms with van der Waals surface area (Å²) in [5.41, 5.74) is 1.44. The van der Waals surface area contributed by atoms with E-state index in [1.165, 1.54) is 16.7 Å². The highest BCUT2D eigenvalue weighted by Gasteiger charge is 2.58. The molecule has 2 saturated heterocycles. The maximum Gasteiger partial charge on any atom is 0.326 e. The zero-order chi connectivity index (χ0) is 18.8. The number of halogens is 2. The summed E-state index contributed by atoms with van der Waals surface area (Å²) in [7, 11) is 0. The summed E-state index contributed by atoms with van der Waals surface area (Å²) >= 11 is 1.65. The van der Waals surface area contributed by atoms with E-state index >= 15 is 0 Å². The van der Waals surface area contributed by atoms with Crippen LogP contribution in [0.25, 0.3) is 11.0 Å². The van der Waals surface area contributed by atoms with Crippen molar-refractivity contribution in [2.24, 2.45) is 10.9 Å². The summed E-state index contributed by atoms with van der Waals surface area (Å²) in [5, 5.41) is 5.74. The molecule has 1 aromatic carbocycles. The third kappa shape index (κ3) is 2.40. The van der Waals surface area contributed by atoms with Crippen molar-refractivity contribution in [3.63, 3.8) is 0 Å². The minimum absolute atomic E-state index is 0.0538. The number of hydrogen-bond donors (Lipinski definition) is 0. The van der Waals surface area contributed by atoms with Gasteiger partial charge in [0.2, 0.25) is 0 Å². The monoisotopic (exact) mass is 392 g/mol. The van der Waals surface area contributed by atoms with E-state index in [1.54, 1.807) is 17.8 Å². The molecule has 9 heteroatoms. The number of aliphatic imine (C=N–C) groups is 1. The fraction of sp³-hybridized carbons (Fsp3) is 0.500. The van der Waals surface area contributed by atoms with Crippen molar-refractivity contribution in [2.45, 2.75) is 25.3 Å². The SMILES string of the molecule is C[C@@H]1CN2C(=O)N(c3noc4cccc(C5=NCCS5)c34)CC[C@@H]2C1(F)F. The quantitative estimate of drug-likeness (QED) is 0.783. The highest BCUT2D eigenvalue weighted by Crippen LogP contribution is 2.44. The van der Waals surface area contributed by atoms with Gasteiger partial charge in [-0.2, -0.15) is 0 Å². The second kappa shape index (κ2) is 5.92. The second-order valence-corrected chi connectivity index (χ2v) is 8.27. The standard InChI is InChI=1S/C18H18F2N4O2S/c1-10-9-24-13(18(10,19)20)5-7-23(17(24)25)15-14-11(16-21-6-8-27-16)3-2-4-12(14)26-22-15/h2-4,10,13H,5-9H2,1H3/t10-,13-/m1/s1. The molecule has 2 aromatic rings. The molecule has 3 aliphatic heterocycles. The molecule has 0 unspecified atom stereocenters. The van der Waals surface area contributed by atoms with Crippen LogP contribution in [-0.4, -0.2) is 58.5 Å². The number of urea groups is 1. The number of rotatable bonds is 2. The lowest BCUT2D eigenvalue weighted by Crippen LogP contribution is -2.55. The molecule has 2 amide bonds. The molecule has 142 valence electrons. The fourth-order valence-corrected chi connectivity index (χ4v) is 5.06. The van der Waals surface area contributed by atoms with E-state index in [0.29, 0.717) is 11.4 Å². The summed E-state index contributed by atoms with van der Waals surface area (Å²) in [4.78, 5) is 20.3. The molecular formula is C18H18F2N4O2S. The molecule has 0 radical (unpaired) electrons. The van der Waals surface area contributed by atoms with Crippen LogP contribution >= 0.6 is 11.8 Å². The van der Waals surface area contributed by atoms with Crippen LogP contribution in [0.5, 0.6) is 0 Å². The maximum absolute atomic E-state index is 14.4. The first-order chi connectivity index (χ1) is 13.0. The van der Waals surface area contributed by atoms with Crippen LogP contribution in [0, 0.1) is 5.92 Å². The molecule has 6 nitrogen and oxygen atoms in total. The Hall–Kier alpha value is -2.16. The van der Waals surface area contributed by atoms with Gasteiger partial charge in [-0.05, 0) is 12.5 Å². The van der Waals surface area contributed by atoms with Gasteiger partial charge >= 0.3 is 6.03 Å². The third-order valence-electron chi connectivity index (χ3n) is 5.60. The van der Waals surface area contributed by atoms with E-state index in [-0.39, 0.29) is 19.5 Å². The Morgan fingerprint density at radius 3 is 3.00 bits per heavy atom. The first-order valence-corrected chi connectivity index (χ1v) is 9.99. The normalized spacial score (nSPS) is 27.4. The zero-order valence-corrected chi connectivity index (χ0v) is 15.5. The van der Waals surface area contributed by atoms with E-state index in [9.17, 15) is 13.6 Å². The van der Waals surface area contributed by atoms with Crippen LogP contribution in [0.3, 0.4) is 0 Å². The number of amides is 2. The number of anilines is 1. The van der Waals surface area contributed by atoms with Gasteiger partial charge in [-0.25, -0.2) is 13.6 Å². The lowest BCUT2D eigenvalue weighted by molar-refractivity contribution is -0.0585. The van der Waals surface area contributed by atoms with Gasteiger partial charge in [0, 0.05) is 36.9 Å². The van der Waals surface area contributed by atoms with Crippen molar-refractivity contribution < 1.29 is 18.1 Å². The first-order valence-electron chi connectivity index (χ1n) is 9.00. The largest absolute Gasteiger partial charge is 0.354 e. The van der Waals surface area contributed by atoms with Crippen molar-refractivity contribution in [1.82, 2.24) is 10.1 Å². The Morgan fingerprint density at radius 1 is 1.37 bits per heavy atom. The summed E-state index contributed by atoms with van der Waals surface area (Å²) in [6.07, 6.45) is 0.204. The maximum atomic E-state index is 14.4. The third-order valence-corrected chi connectivity index (χ3v) is 6.61. The topological polar surface area (TPSA) is 61.9 Å². The fourth-order valence-electron chi connectivity index (χ4n) is 4.17. The minimum Gasteiger partial charge on any atom is -0.354 e. The van der Waals surface area contributed by atoms with Crippen molar-refractivity contribution in [1.29, 1.82) is 0 Å². The molecule has 4 heterocycles. The number of nitrogens with zero attached hydrogens (tertiary/aromatic N) is 4. The Labute approximate surface area is 158 Å². The molecule has 0 saturated carbocycles. The van der Waals surface area contributed by atoms with Crippen molar-refractivity contribution in [2.75, 3.05) is 30.3 Å². The van der Waals surface area contributed by atoms with Crippen LogP contribution in [-0.2, 0) is 0 Å². The van der Waals surface area contributed by atoms with Gasteiger partial charge in [0.15, 0.2) is 11.4 Å². The summed E-state index contributed by atoms with van der Waals surface area (Å²) in [5.74, 6) is -2.40. The molecule has 2 atom stereocenters. The molecular weight excluding hydrogens is 374 g/mol. The Kier molecular flexibility index (Phi) is 3.72. The Bertz CT molecular complexity index is 960. The lowest BCUT2D eigenvalue weighted by Gasteiger charge is -2.37. The van der Waals surface area contributed by atoms with Crippen LogP contribution in [0.1, 0.15) is 18.9 Å². The predicted octanol–water partition coefficient (Wildman–Crippen LogP) is 3.61. The Balaban J connectivity index is 1.56. The number of thioether (sulfide) groups is 1. The molecule has 0 N–H and O–H groups in total. The summed E-state index contributed by atoms with van der Waals surface area (Å²) in [6, 6.07) is 4.12. The molecule has 3 aliphatic rings. The van der Waals surface area contributed by atoms with E-state index < -0.39 is 23.9 Å². The van der Waals surface area contributed by atoms with Crippen molar-refractivity contribution in [3.05, 3.63) is 23.8 Å². The molecule has 0 spiro atoms. The van der Waals surface area contributed by atoms with Gasteiger partial charge in [-0.1, -0.05) is 24.2 Å². The number of benzene rings is 1. The molecule has 0 aliphatic carbocycles. The molecule has 1 aromatic heterocycles. The van der Waals surface area contributed by atoms with Crippen LogP contribution in [0.2, 0.25) is 0 Å². The van der Waals surface area contributed by atoms with E-state index in [2.05, 4.69) is 10.1 Å². The van der Waals surface area contributed by atoms with E-state index in [4.69, 9.17) is 4.52 Å². The molecule has 27 heavy (non-hydrogen) atoms. The van der Waals surface area contributed by atoms with E-state index in [1.807, 2.05) is 12.1 Å².